The highest BCUT2D eigenvalue weighted by atomic mass is 16.5. The summed E-state index contributed by atoms with van der Waals surface area (Å²) in [5.74, 6) is 0.896. The molecule has 0 aliphatic heterocycles. The van der Waals surface area contributed by atoms with Gasteiger partial charge in [-0.3, -0.25) is 0 Å². The first kappa shape index (κ1) is 14.0. The van der Waals surface area contributed by atoms with Crippen molar-refractivity contribution in [2.45, 2.75) is 26.3 Å². The average Bonchev–Trinajstić information content (AvgIpc) is 2.38. The molecule has 0 saturated carbocycles. The molecule has 0 unspecified atom stereocenters. The van der Waals surface area contributed by atoms with Crippen molar-refractivity contribution in [3.05, 3.63) is 29.8 Å². The molecule has 0 heterocycles. The van der Waals surface area contributed by atoms with Gasteiger partial charge < -0.3 is 14.8 Å². The van der Waals surface area contributed by atoms with Gasteiger partial charge in [0.2, 0.25) is 0 Å². The smallest absolute Gasteiger partial charge is 0.118 e. The number of methoxy groups -OCH3 is 1. The van der Waals surface area contributed by atoms with E-state index in [1.54, 1.807) is 7.11 Å². The van der Waals surface area contributed by atoms with Crippen LogP contribution in [0.2, 0.25) is 0 Å². The summed E-state index contributed by atoms with van der Waals surface area (Å²) in [4.78, 5) is 0. The molecule has 0 aliphatic rings. The van der Waals surface area contributed by atoms with E-state index in [4.69, 9.17) is 9.47 Å². The Bertz CT molecular complexity index is 298. The van der Waals surface area contributed by atoms with E-state index in [0.717, 1.165) is 31.9 Å². The lowest BCUT2D eigenvalue weighted by Gasteiger charge is -2.14. The largest absolute Gasteiger partial charge is 0.497 e. The van der Waals surface area contributed by atoms with Gasteiger partial charge in [0.15, 0.2) is 0 Å². The first-order chi connectivity index (χ1) is 8.27. The number of hydrogen-bond acceptors (Lipinski definition) is 3. The van der Waals surface area contributed by atoms with E-state index in [-0.39, 0.29) is 0 Å². The number of nitrogens with one attached hydrogen (secondary N) is 1. The van der Waals surface area contributed by atoms with E-state index in [9.17, 15) is 0 Å². The van der Waals surface area contributed by atoms with Crippen LogP contribution in [-0.4, -0.2) is 26.9 Å². The fourth-order valence-electron chi connectivity index (χ4n) is 1.60. The van der Waals surface area contributed by atoms with Gasteiger partial charge in [0.05, 0.1) is 13.7 Å². The highest BCUT2D eigenvalue weighted by Crippen LogP contribution is 2.16. The number of ether oxygens (including phenoxy) is 2. The fourth-order valence-corrected chi connectivity index (χ4v) is 1.60. The zero-order valence-corrected chi connectivity index (χ0v) is 11.0. The Morgan fingerprint density at radius 3 is 2.47 bits per heavy atom. The number of benzene rings is 1. The van der Waals surface area contributed by atoms with E-state index < -0.39 is 0 Å². The average molecular weight is 237 g/mol. The molecule has 3 heteroatoms. The standard InChI is InChI=1S/C14H23NO2/c1-4-10-17-11-9-15-12(2)13-5-7-14(16-3)8-6-13/h5-8,12,15H,4,9-11H2,1-3H3/t12-/m0/s1. The lowest BCUT2D eigenvalue weighted by Crippen LogP contribution is -2.23. The molecule has 1 N–H and O–H groups in total. The fraction of sp³-hybridized carbons (Fsp3) is 0.571. The van der Waals surface area contributed by atoms with Crippen molar-refractivity contribution in [1.82, 2.24) is 5.32 Å². The van der Waals surface area contributed by atoms with Gasteiger partial charge in [0.25, 0.3) is 0 Å². The number of hydrogen-bond donors (Lipinski definition) is 1. The minimum atomic E-state index is 0.339. The van der Waals surface area contributed by atoms with E-state index in [0.29, 0.717) is 6.04 Å². The molecule has 0 amide bonds. The van der Waals surface area contributed by atoms with Gasteiger partial charge in [0.1, 0.15) is 5.75 Å². The van der Waals surface area contributed by atoms with Crippen LogP contribution in [-0.2, 0) is 4.74 Å². The summed E-state index contributed by atoms with van der Waals surface area (Å²) in [6, 6.07) is 8.49. The van der Waals surface area contributed by atoms with Gasteiger partial charge in [-0.2, -0.15) is 0 Å². The quantitative estimate of drug-likeness (QED) is 0.705. The molecule has 0 aromatic heterocycles. The van der Waals surface area contributed by atoms with Crippen molar-refractivity contribution in [3.8, 4) is 5.75 Å². The zero-order chi connectivity index (χ0) is 12.5. The molecule has 96 valence electrons. The van der Waals surface area contributed by atoms with Crippen LogP contribution in [0.25, 0.3) is 0 Å². The summed E-state index contributed by atoms with van der Waals surface area (Å²) in [6.07, 6.45) is 1.08. The monoisotopic (exact) mass is 237 g/mol. The lowest BCUT2D eigenvalue weighted by atomic mass is 10.1. The highest BCUT2D eigenvalue weighted by Gasteiger charge is 2.03. The summed E-state index contributed by atoms with van der Waals surface area (Å²) < 4.78 is 10.6. The molecule has 1 aromatic rings. The molecule has 0 radical (unpaired) electrons. The second-order valence-electron chi connectivity index (χ2n) is 4.06. The van der Waals surface area contributed by atoms with Crippen molar-refractivity contribution in [1.29, 1.82) is 0 Å². The summed E-state index contributed by atoms with van der Waals surface area (Å²) in [5.41, 5.74) is 1.27. The van der Waals surface area contributed by atoms with Crippen LogP contribution in [0.15, 0.2) is 24.3 Å². The van der Waals surface area contributed by atoms with Crippen LogP contribution >= 0.6 is 0 Å². The molecule has 1 atom stereocenters. The third-order valence-corrected chi connectivity index (χ3v) is 2.66. The predicted molar refractivity (Wildman–Crippen MR) is 70.5 cm³/mol. The molecule has 3 nitrogen and oxygen atoms in total. The second-order valence-corrected chi connectivity index (χ2v) is 4.06. The van der Waals surface area contributed by atoms with Gasteiger partial charge in [-0.1, -0.05) is 19.1 Å². The van der Waals surface area contributed by atoms with Gasteiger partial charge in [-0.15, -0.1) is 0 Å². The Hall–Kier alpha value is -1.06. The topological polar surface area (TPSA) is 30.5 Å². The maximum absolute atomic E-state index is 5.42. The maximum atomic E-state index is 5.42. The van der Waals surface area contributed by atoms with Crippen LogP contribution in [0.3, 0.4) is 0 Å². The molecular weight excluding hydrogens is 214 g/mol. The molecule has 0 fully saturated rings. The molecule has 0 aliphatic carbocycles. The van der Waals surface area contributed by atoms with Crippen LogP contribution < -0.4 is 10.1 Å². The predicted octanol–water partition coefficient (Wildman–Crippen LogP) is 2.77. The molecule has 1 aromatic carbocycles. The molecule has 0 bridgehead atoms. The third kappa shape index (κ3) is 5.20. The first-order valence-corrected chi connectivity index (χ1v) is 6.23. The van der Waals surface area contributed by atoms with E-state index in [1.807, 2.05) is 12.1 Å². The SMILES string of the molecule is CCCOCCN[C@@H](C)c1ccc(OC)cc1. The molecule has 0 saturated heterocycles. The molecule has 0 spiro atoms. The normalized spacial score (nSPS) is 12.4. The van der Waals surface area contributed by atoms with Gasteiger partial charge in [0, 0.05) is 19.2 Å². The second kappa shape index (κ2) is 8.09. The summed E-state index contributed by atoms with van der Waals surface area (Å²) >= 11 is 0. The Morgan fingerprint density at radius 2 is 1.88 bits per heavy atom. The van der Waals surface area contributed by atoms with Crippen molar-refractivity contribution >= 4 is 0 Å². The van der Waals surface area contributed by atoms with E-state index >= 15 is 0 Å². The molecular formula is C14H23NO2. The van der Waals surface area contributed by atoms with Crippen LogP contribution in [0, 0.1) is 0 Å². The van der Waals surface area contributed by atoms with Crippen molar-refractivity contribution in [3.63, 3.8) is 0 Å². The Balaban J connectivity index is 2.28. The van der Waals surface area contributed by atoms with Gasteiger partial charge >= 0.3 is 0 Å². The maximum Gasteiger partial charge on any atom is 0.118 e. The first-order valence-electron chi connectivity index (χ1n) is 6.23. The summed E-state index contributed by atoms with van der Waals surface area (Å²) in [7, 11) is 1.68. The third-order valence-electron chi connectivity index (χ3n) is 2.66. The van der Waals surface area contributed by atoms with Gasteiger partial charge in [-0.05, 0) is 31.0 Å². The van der Waals surface area contributed by atoms with Crippen LogP contribution in [0.4, 0.5) is 0 Å². The van der Waals surface area contributed by atoms with Crippen molar-refractivity contribution in [2.75, 3.05) is 26.9 Å². The Kier molecular flexibility index (Phi) is 6.67. The van der Waals surface area contributed by atoms with Crippen molar-refractivity contribution in [2.24, 2.45) is 0 Å². The van der Waals surface area contributed by atoms with Crippen LogP contribution in [0.5, 0.6) is 5.75 Å². The Labute approximate surface area is 104 Å². The minimum absolute atomic E-state index is 0.339. The van der Waals surface area contributed by atoms with Crippen LogP contribution in [0.1, 0.15) is 31.9 Å². The Morgan fingerprint density at radius 1 is 1.18 bits per heavy atom. The van der Waals surface area contributed by atoms with E-state index in [2.05, 4.69) is 31.3 Å². The zero-order valence-electron chi connectivity index (χ0n) is 11.0. The summed E-state index contributed by atoms with van der Waals surface area (Å²) in [6.45, 7) is 6.77. The summed E-state index contributed by atoms with van der Waals surface area (Å²) in [5, 5.41) is 3.43. The number of rotatable bonds is 8. The van der Waals surface area contributed by atoms with Gasteiger partial charge in [-0.25, -0.2) is 0 Å². The molecule has 1 rings (SSSR count). The highest BCUT2D eigenvalue weighted by molar-refractivity contribution is 5.28. The minimum Gasteiger partial charge on any atom is -0.497 e. The van der Waals surface area contributed by atoms with Crippen molar-refractivity contribution < 1.29 is 9.47 Å². The van der Waals surface area contributed by atoms with E-state index in [1.165, 1.54) is 5.56 Å². The molecule has 17 heavy (non-hydrogen) atoms. The lowest BCUT2D eigenvalue weighted by molar-refractivity contribution is 0.135.